The molecule has 0 aliphatic carbocycles. The first-order chi connectivity index (χ1) is 8.77. The maximum Gasteiger partial charge on any atom is 0.489 e. The molecule has 0 fully saturated rings. The minimum Gasteiger partial charge on any atom is -0.423 e. The first kappa shape index (κ1) is 11.0. The van der Waals surface area contributed by atoms with Crippen LogP contribution in [0.4, 0.5) is 0 Å². The van der Waals surface area contributed by atoms with Gasteiger partial charge in [-0.05, 0) is 17.1 Å². The van der Waals surface area contributed by atoms with Crippen molar-refractivity contribution in [3.05, 3.63) is 48.8 Å². The summed E-state index contributed by atoms with van der Waals surface area (Å²) >= 11 is 0. The zero-order chi connectivity index (χ0) is 12.5. The number of rotatable bonds is 2. The molecule has 2 heterocycles. The highest BCUT2D eigenvalue weighted by Crippen LogP contribution is 2.26. The summed E-state index contributed by atoms with van der Waals surface area (Å²) in [5.74, 6) is 0. The number of pyridine rings is 1. The lowest BCUT2D eigenvalue weighted by molar-refractivity contribution is 0.426. The molecule has 1 aromatic carbocycles. The van der Waals surface area contributed by atoms with Crippen molar-refractivity contribution in [1.29, 1.82) is 0 Å². The molecule has 88 valence electrons. The molecule has 3 aromatic rings. The Bertz CT molecular complexity index is 680. The van der Waals surface area contributed by atoms with Crippen LogP contribution >= 0.6 is 0 Å². The van der Waals surface area contributed by atoms with Crippen LogP contribution in [-0.2, 0) is 0 Å². The molecule has 0 amide bonds. The molecule has 0 radical (unpaired) electrons. The van der Waals surface area contributed by atoms with Crippen molar-refractivity contribution in [2.75, 3.05) is 0 Å². The SMILES string of the molecule is OB(O)c1ccnc2[nH]cc(-c3ccccc3)c12. The van der Waals surface area contributed by atoms with Crippen LogP contribution in [0.1, 0.15) is 0 Å². The van der Waals surface area contributed by atoms with E-state index in [0.717, 1.165) is 16.5 Å². The number of benzene rings is 1. The number of H-pyrrole nitrogens is 1. The van der Waals surface area contributed by atoms with E-state index in [9.17, 15) is 10.0 Å². The molecule has 0 atom stereocenters. The molecule has 3 rings (SSSR count). The van der Waals surface area contributed by atoms with Crippen molar-refractivity contribution in [1.82, 2.24) is 9.97 Å². The third-order valence-electron chi connectivity index (χ3n) is 2.97. The Morgan fingerprint density at radius 2 is 1.83 bits per heavy atom. The summed E-state index contributed by atoms with van der Waals surface area (Å²) in [5, 5.41) is 19.6. The molecule has 0 unspecified atom stereocenters. The lowest BCUT2D eigenvalue weighted by atomic mass is 9.77. The van der Waals surface area contributed by atoms with Crippen LogP contribution in [0.15, 0.2) is 48.8 Å². The Morgan fingerprint density at radius 1 is 1.06 bits per heavy atom. The minimum atomic E-state index is -1.51. The van der Waals surface area contributed by atoms with Crippen molar-refractivity contribution < 1.29 is 10.0 Å². The Balaban J connectivity index is 2.31. The highest BCUT2D eigenvalue weighted by Gasteiger charge is 2.19. The number of nitrogens with zero attached hydrogens (tertiary/aromatic N) is 1. The van der Waals surface area contributed by atoms with Gasteiger partial charge in [-0.3, -0.25) is 0 Å². The van der Waals surface area contributed by atoms with Gasteiger partial charge in [-0.1, -0.05) is 30.3 Å². The molecule has 5 heteroatoms. The van der Waals surface area contributed by atoms with Crippen molar-refractivity contribution in [3.8, 4) is 11.1 Å². The molecule has 2 aromatic heterocycles. The molecule has 3 N–H and O–H groups in total. The van der Waals surface area contributed by atoms with E-state index < -0.39 is 7.12 Å². The quantitative estimate of drug-likeness (QED) is 0.581. The summed E-state index contributed by atoms with van der Waals surface area (Å²) in [6, 6.07) is 11.4. The standard InChI is InChI=1S/C13H11BN2O2/c17-14(18)11-6-7-15-13-12(11)10(8-16-13)9-4-2-1-3-5-9/h1-8,17-18H,(H,15,16). The van der Waals surface area contributed by atoms with E-state index in [1.165, 1.54) is 0 Å². The van der Waals surface area contributed by atoms with Gasteiger partial charge in [0.05, 0.1) is 0 Å². The summed E-state index contributed by atoms with van der Waals surface area (Å²) in [7, 11) is -1.51. The van der Waals surface area contributed by atoms with E-state index >= 15 is 0 Å². The van der Waals surface area contributed by atoms with Gasteiger partial charge in [-0.2, -0.15) is 0 Å². The van der Waals surface area contributed by atoms with E-state index in [1.807, 2.05) is 36.5 Å². The average molecular weight is 238 g/mol. The van der Waals surface area contributed by atoms with Gasteiger partial charge < -0.3 is 15.0 Å². The van der Waals surface area contributed by atoms with E-state index in [1.54, 1.807) is 12.3 Å². The van der Waals surface area contributed by atoms with Crippen LogP contribution in [0.5, 0.6) is 0 Å². The number of fused-ring (bicyclic) bond motifs is 1. The van der Waals surface area contributed by atoms with Crippen molar-refractivity contribution in [2.24, 2.45) is 0 Å². The molecule has 0 aliphatic rings. The van der Waals surface area contributed by atoms with E-state index in [0.29, 0.717) is 11.1 Å². The molecule has 0 saturated heterocycles. The smallest absolute Gasteiger partial charge is 0.423 e. The fraction of sp³-hybridized carbons (Fsp3) is 0. The summed E-state index contributed by atoms with van der Waals surface area (Å²) in [6.07, 6.45) is 3.39. The highest BCUT2D eigenvalue weighted by atomic mass is 16.4. The molecule has 0 bridgehead atoms. The Hall–Kier alpha value is -2.11. The number of aromatic nitrogens is 2. The normalized spacial score (nSPS) is 10.8. The lowest BCUT2D eigenvalue weighted by Gasteiger charge is -2.04. The van der Waals surface area contributed by atoms with Gasteiger partial charge in [0.25, 0.3) is 0 Å². The van der Waals surface area contributed by atoms with Gasteiger partial charge in [0, 0.05) is 23.3 Å². The molecule has 4 nitrogen and oxygen atoms in total. The van der Waals surface area contributed by atoms with E-state index in [-0.39, 0.29) is 0 Å². The lowest BCUT2D eigenvalue weighted by Crippen LogP contribution is -2.30. The monoisotopic (exact) mass is 238 g/mol. The summed E-state index contributed by atoms with van der Waals surface area (Å²) in [6.45, 7) is 0. The van der Waals surface area contributed by atoms with Gasteiger partial charge in [0.15, 0.2) is 0 Å². The molecular weight excluding hydrogens is 227 g/mol. The molecular formula is C13H11BN2O2. The summed E-state index contributed by atoms with van der Waals surface area (Å²) < 4.78 is 0. The third-order valence-corrected chi connectivity index (χ3v) is 2.97. The molecule has 18 heavy (non-hydrogen) atoms. The minimum absolute atomic E-state index is 0.458. The Kier molecular flexibility index (Phi) is 2.62. The first-order valence-corrected chi connectivity index (χ1v) is 5.65. The highest BCUT2D eigenvalue weighted by molar-refractivity contribution is 6.62. The second-order valence-corrected chi connectivity index (χ2v) is 4.07. The third kappa shape index (κ3) is 1.70. The maximum absolute atomic E-state index is 9.43. The zero-order valence-electron chi connectivity index (χ0n) is 9.54. The molecule has 0 saturated carbocycles. The molecule has 0 spiro atoms. The summed E-state index contributed by atoms with van der Waals surface area (Å²) in [4.78, 5) is 7.24. The van der Waals surface area contributed by atoms with Gasteiger partial charge >= 0.3 is 7.12 Å². The maximum atomic E-state index is 9.43. The van der Waals surface area contributed by atoms with E-state index in [2.05, 4.69) is 9.97 Å². The van der Waals surface area contributed by atoms with Crippen molar-refractivity contribution in [3.63, 3.8) is 0 Å². The first-order valence-electron chi connectivity index (χ1n) is 5.65. The van der Waals surface area contributed by atoms with Crippen molar-refractivity contribution >= 4 is 23.6 Å². The second kappa shape index (κ2) is 4.29. The van der Waals surface area contributed by atoms with Gasteiger partial charge in [-0.15, -0.1) is 0 Å². The van der Waals surface area contributed by atoms with Gasteiger partial charge in [-0.25, -0.2) is 4.98 Å². The Morgan fingerprint density at radius 3 is 2.56 bits per heavy atom. The van der Waals surface area contributed by atoms with Crippen LogP contribution < -0.4 is 5.46 Å². The van der Waals surface area contributed by atoms with Crippen LogP contribution in [0, 0.1) is 0 Å². The predicted molar refractivity (Wildman–Crippen MR) is 71.4 cm³/mol. The zero-order valence-corrected chi connectivity index (χ0v) is 9.54. The van der Waals surface area contributed by atoms with Gasteiger partial charge in [0.1, 0.15) is 5.65 Å². The number of nitrogens with one attached hydrogen (secondary N) is 1. The van der Waals surface area contributed by atoms with Gasteiger partial charge in [0.2, 0.25) is 0 Å². The average Bonchev–Trinajstić information content (AvgIpc) is 2.83. The van der Waals surface area contributed by atoms with Crippen molar-refractivity contribution in [2.45, 2.75) is 0 Å². The second-order valence-electron chi connectivity index (χ2n) is 4.07. The van der Waals surface area contributed by atoms with Crippen LogP contribution in [0.3, 0.4) is 0 Å². The topological polar surface area (TPSA) is 69.1 Å². The molecule has 0 aliphatic heterocycles. The Labute approximate surface area is 104 Å². The number of aromatic amines is 1. The van der Waals surface area contributed by atoms with Crippen LogP contribution in [0.25, 0.3) is 22.2 Å². The predicted octanol–water partition coefficient (Wildman–Crippen LogP) is 0.910. The number of hydrogen-bond donors (Lipinski definition) is 3. The fourth-order valence-corrected chi connectivity index (χ4v) is 2.14. The number of hydrogen-bond acceptors (Lipinski definition) is 3. The fourth-order valence-electron chi connectivity index (χ4n) is 2.14. The summed E-state index contributed by atoms with van der Waals surface area (Å²) in [5.41, 5.74) is 3.04. The van der Waals surface area contributed by atoms with E-state index in [4.69, 9.17) is 0 Å². The largest absolute Gasteiger partial charge is 0.489 e. The van der Waals surface area contributed by atoms with Crippen LogP contribution in [-0.4, -0.2) is 27.1 Å². The van der Waals surface area contributed by atoms with Crippen LogP contribution in [0.2, 0.25) is 0 Å².